The number of hydrogen-bond acceptors (Lipinski definition) is 3. The minimum absolute atomic E-state index is 0.0933. The number of carbonyl (C=O) groups is 1. The molecule has 2 atom stereocenters. The molecule has 0 unspecified atom stereocenters. The summed E-state index contributed by atoms with van der Waals surface area (Å²) in [6.45, 7) is 0.402. The van der Waals surface area contributed by atoms with Crippen LogP contribution in [-0.2, 0) is 0 Å². The van der Waals surface area contributed by atoms with Gasteiger partial charge in [-0.2, -0.15) is 5.26 Å². The Hall–Kier alpha value is -3.29. The Morgan fingerprint density at radius 2 is 1.77 bits per heavy atom. The molecule has 0 radical (unpaired) electrons. The highest BCUT2D eigenvalue weighted by atomic mass is 35.5. The van der Waals surface area contributed by atoms with Gasteiger partial charge in [0.1, 0.15) is 5.75 Å². The quantitative estimate of drug-likeness (QED) is 0.544. The van der Waals surface area contributed by atoms with Gasteiger partial charge in [0.05, 0.1) is 25.1 Å². The molecular weight excluding hydrogens is 396 g/mol. The molecule has 5 heteroatoms. The van der Waals surface area contributed by atoms with Gasteiger partial charge in [-0.3, -0.25) is 4.79 Å². The molecule has 0 aliphatic carbocycles. The second-order valence-corrected chi connectivity index (χ2v) is 7.74. The van der Waals surface area contributed by atoms with E-state index in [1.165, 1.54) is 0 Å². The summed E-state index contributed by atoms with van der Waals surface area (Å²) in [5, 5.41) is 10.1. The Morgan fingerprint density at radius 1 is 1.07 bits per heavy atom. The first-order chi connectivity index (χ1) is 14.6. The third-order valence-electron chi connectivity index (χ3n) is 5.56. The van der Waals surface area contributed by atoms with Crippen molar-refractivity contribution in [1.29, 1.82) is 5.26 Å². The first-order valence-corrected chi connectivity index (χ1v) is 10.2. The maximum absolute atomic E-state index is 13.3. The maximum atomic E-state index is 13.3. The molecule has 3 aromatic carbocycles. The number of benzene rings is 3. The Balaban J connectivity index is 1.63. The summed E-state index contributed by atoms with van der Waals surface area (Å²) in [4.78, 5) is 15.1. The molecule has 0 N–H and O–H groups in total. The second-order valence-electron chi connectivity index (χ2n) is 7.33. The molecule has 1 aliphatic heterocycles. The minimum atomic E-state index is -0.205. The molecule has 30 heavy (non-hydrogen) atoms. The van der Waals surface area contributed by atoms with Crippen molar-refractivity contribution in [3.63, 3.8) is 0 Å². The summed E-state index contributed by atoms with van der Waals surface area (Å²) in [6, 6.07) is 24.9. The van der Waals surface area contributed by atoms with Gasteiger partial charge in [0.15, 0.2) is 0 Å². The third kappa shape index (κ3) is 3.77. The van der Waals surface area contributed by atoms with Crippen LogP contribution in [0.2, 0.25) is 5.02 Å². The molecule has 1 aliphatic rings. The fourth-order valence-electron chi connectivity index (χ4n) is 4.04. The summed E-state index contributed by atoms with van der Waals surface area (Å²) in [6.07, 6.45) is 0.589. The van der Waals surface area contributed by atoms with Crippen LogP contribution in [0.3, 0.4) is 0 Å². The van der Waals surface area contributed by atoms with E-state index in [9.17, 15) is 10.1 Å². The van der Waals surface area contributed by atoms with Crippen LogP contribution in [0.25, 0.3) is 11.1 Å². The van der Waals surface area contributed by atoms with Crippen molar-refractivity contribution >= 4 is 17.5 Å². The zero-order valence-corrected chi connectivity index (χ0v) is 17.3. The zero-order valence-electron chi connectivity index (χ0n) is 16.6. The summed E-state index contributed by atoms with van der Waals surface area (Å²) >= 11 is 6.40. The maximum Gasteiger partial charge on any atom is 0.254 e. The summed E-state index contributed by atoms with van der Waals surface area (Å²) in [5.74, 6) is 0.485. The highest BCUT2D eigenvalue weighted by molar-refractivity contribution is 6.31. The molecule has 0 saturated carbocycles. The molecule has 3 aromatic rings. The number of halogens is 1. The molecule has 0 aromatic heterocycles. The van der Waals surface area contributed by atoms with Crippen molar-refractivity contribution in [1.82, 2.24) is 4.90 Å². The molecule has 0 spiro atoms. The van der Waals surface area contributed by atoms with E-state index < -0.39 is 0 Å². The summed E-state index contributed by atoms with van der Waals surface area (Å²) in [7, 11) is 1.64. The van der Waals surface area contributed by atoms with Gasteiger partial charge >= 0.3 is 0 Å². The first kappa shape index (κ1) is 20.0. The van der Waals surface area contributed by atoms with E-state index in [4.69, 9.17) is 16.3 Å². The van der Waals surface area contributed by atoms with E-state index in [1.807, 2.05) is 72.8 Å². The van der Waals surface area contributed by atoms with Crippen molar-refractivity contribution in [2.45, 2.75) is 12.5 Å². The van der Waals surface area contributed by atoms with Crippen molar-refractivity contribution in [2.75, 3.05) is 13.7 Å². The van der Waals surface area contributed by atoms with E-state index in [0.717, 1.165) is 22.4 Å². The van der Waals surface area contributed by atoms with Crippen LogP contribution in [0, 0.1) is 17.2 Å². The molecule has 4 rings (SSSR count). The number of amides is 1. The number of para-hydroxylation sites is 1. The van der Waals surface area contributed by atoms with Gasteiger partial charge < -0.3 is 9.64 Å². The van der Waals surface area contributed by atoms with Gasteiger partial charge in [0, 0.05) is 22.7 Å². The molecule has 4 nitrogen and oxygen atoms in total. The van der Waals surface area contributed by atoms with Gasteiger partial charge in [-0.1, -0.05) is 60.1 Å². The number of carbonyl (C=O) groups excluding carboxylic acids is 1. The summed E-state index contributed by atoms with van der Waals surface area (Å²) < 4.78 is 5.44. The average Bonchev–Trinajstić information content (AvgIpc) is 3.23. The number of nitriles is 1. The standard InChI is InChI=1S/C25H21ClN2O2/c1-30-24-9-5-3-6-20(24)18-10-12-19(13-11-18)25(29)28-16-17(15-27)14-23(28)21-7-2-4-8-22(21)26/h2-13,17,23H,14,16H2,1H3/t17-,23+/m0/s1. The highest BCUT2D eigenvalue weighted by Crippen LogP contribution is 2.39. The number of hydrogen-bond donors (Lipinski definition) is 0. The first-order valence-electron chi connectivity index (χ1n) is 9.81. The normalized spacial score (nSPS) is 18.1. The number of ether oxygens (including phenoxy) is 1. The number of likely N-dealkylation sites (tertiary alicyclic amines) is 1. The van der Waals surface area contributed by atoms with Gasteiger partial charge in [0.25, 0.3) is 5.91 Å². The van der Waals surface area contributed by atoms with Crippen LogP contribution < -0.4 is 4.74 Å². The molecule has 1 amide bonds. The Labute approximate surface area is 181 Å². The van der Waals surface area contributed by atoms with Gasteiger partial charge in [0.2, 0.25) is 0 Å². The minimum Gasteiger partial charge on any atom is -0.496 e. The molecule has 1 saturated heterocycles. The van der Waals surface area contributed by atoms with E-state index in [1.54, 1.807) is 12.0 Å². The van der Waals surface area contributed by atoms with E-state index in [2.05, 4.69) is 6.07 Å². The fourth-order valence-corrected chi connectivity index (χ4v) is 4.30. The van der Waals surface area contributed by atoms with Crippen LogP contribution in [0.5, 0.6) is 5.75 Å². The van der Waals surface area contributed by atoms with Crippen molar-refractivity contribution in [3.05, 3.63) is 88.9 Å². The third-order valence-corrected chi connectivity index (χ3v) is 5.90. The van der Waals surface area contributed by atoms with Gasteiger partial charge in [-0.05, 0) is 41.8 Å². The SMILES string of the molecule is COc1ccccc1-c1ccc(C(=O)N2C[C@H](C#N)C[C@@H]2c2ccccc2Cl)cc1. The van der Waals surface area contributed by atoms with E-state index in [0.29, 0.717) is 23.6 Å². The molecule has 150 valence electrons. The smallest absolute Gasteiger partial charge is 0.254 e. The predicted octanol–water partition coefficient (Wildman–Crippen LogP) is 5.74. The van der Waals surface area contributed by atoms with E-state index >= 15 is 0 Å². The number of nitrogens with zero attached hydrogens (tertiary/aromatic N) is 2. The lowest BCUT2D eigenvalue weighted by molar-refractivity contribution is 0.0733. The lowest BCUT2D eigenvalue weighted by Crippen LogP contribution is -2.31. The Kier molecular flexibility index (Phi) is 5.74. The summed E-state index contributed by atoms with van der Waals surface area (Å²) in [5.41, 5.74) is 3.42. The largest absolute Gasteiger partial charge is 0.496 e. The zero-order chi connectivity index (χ0) is 21.1. The van der Waals surface area contributed by atoms with Crippen LogP contribution >= 0.6 is 11.6 Å². The van der Waals surface area contributed by atoms with Crippen molar-refractivity contribution < 1.29 is 9.53 Å². The fraction of sp³-hybridized carbons (Fsp3) is 0.200. The molecule has 0 bridgehead atoms. The van der Waals surface area contributed by atoms with Gasteiger partial charge in [-0.15, -0.1) is 0 Å². The highest BCUT2D eigenvalue weighted by Gasteiger charge is 2.37. The second kappa shape index (κ2) is 8.61. The van der Waals surface area contributed by atoms with Crippen LogP contribution in [0.15, 0.2) is 72.8 Å². The topological polar surface area (TPSA) is 53.3 Å². The Morgan fingerprint density at radius 3 is 2.47 bits per heavy atom. The number of rotatable bonds is 4. The van der Waals surface area contributed by atoms with Crippen LogP contribution in [-0.4, -0.2) is 24.5 Å². The Bertz CT molecular complexity index is 1100. The molecule has 1 heterocycles. The van der Waals surface area contributed by atoms with Gasteiger partial charge in [-0.25, -0.2) is 0 Å². The lowest BCUT2D eigenvalue weighted by Gasteiger charge is -2.26. The average molecular weight is 417 g/mol. The number of methoxy groups -OCH3 is 1. The van der Waals surface area contributed by atoms with Crippen molar-refractivity contribution in [3.8, 4) is 22.9 Å². The van der Waals surface area contributed by atoms with Crippen molar-refractivity contribution in [2.24, 2.45) is 5.92 Å². The monoisotopic (exact) mass is 416 g/mol. The van der Waals surface area contributed by atoms with Crippen LogP contribution in [0.4, 0.5) is 0 Å². The lowest BCUT2D eigenvalue weighted by atomic mass is 10.00. The molecular formula is C25H21ClN2O2. The van der Waals surface area contributed by atoms with E-state index in [-0.39, 0.29) is 17.9 Å². The van der Waals surface area contributed by atoms with Crippen LogP contribution in [0.1, 0.15) is 28.4 Å². The predicted molar refractivity (Wildman–Crippen MR) is 117 cm³/mol. The molecule has 1 fully saturated rings.